The zero-order valence-electron chi connectivity index (χ0n) is 14.0. The van der Waals surface area contributed by atoms with Gasteiger partial charge in [-0.2, -0.15) is 0 Å². The number of nitrogens with one attached hydrogen (secondary N) is 2. The number of aryl methyl sites for hydroxylation is 1. The Morgan fingerprint density at radius 3 is 2.25 bits per heavy atom. The number of hydrogen-bond acceptors (Lipinski definition) is 2. The fourth-order valence-electron chi connectivity index (χ4n) is 2.41. The van der Waals surface area contributed by atoms with Gasteiger partial charge in [0.25, 0.3) is 0 Å². The van der Waals surface area contributed by atoms with Gasteiger partial charge in [0, 0.05) is 16.4 Å². The monoisotopic (exact) mass is 344 g/mol. The summed E-state index contributed by atoms with van der Waals surface area (Å²) in [6.07, 6.45) is -0.242. The molecule has 0 saturated carbocycles. The Labute approximate surface area is 147 Å². The number of halogens is 1. The lowest BCUT2D eigenvalue weighted by Crippen LogP contribution is -2.22. The van der Waals surface area contributed by atoms with Gasteiger partial charge in [0.1, 0.15) is 6.42 Å². The van der Waals surface area contributed by atoms with E-state index in [0.29, 0.717) is 10.7 Å². The number of rotatable bonds is 5. The minimum absolute atomic E-state index is 0.242. The molecule has 126 valence electrons. The molecule has 24 heavy (non-hydrogen) atoms. The minimum Gasteiger partial charge on any atom is -0.326 e. The highest BCUT2D eigenvalue weighted by Crippen LogP contribution is 2.27. The van der Waals surface area contributed by atoms with Gasteiger partial charge in [-0.25, -0.2) is 0 Å². The van der Waals surface area contributed by atoms with Crippen LogP contribution in [0.1, 0.15) is 37.3 Å². The second-order valence-corrected chi connectivity index (χ2v) is 6.41. The van der Waals surface area contributed by atoms with Crippen molar-refractivity contribution >= 4 is 34.8 Å². The first-order valence-corrected chi connectivity index (χ1v) is 8.19. The van der Waals surface area contributed by atoms with E-state index in [4.69, 9.17) is 11.6 Å². The molecule has 0 heterocycles. The Morgan fingerprint density at radius 1 is 1.00 bits per heavy atom. The number of amides is 2. The lowest BCUT2D eigenvalue weighted by Gasteiger charge is -2.16. The van der Waals surface area contributed by atoms with Crippen molar-refractivity contribution in [1.29, 1.82) is 0 Å². The zero-order chi connectivity index (χ0) is 17.7. The van der Waals surface area contributed by atoms with Gasteiger partial charge < -0.3 is 10.6 Å². The molecule has 2 aromatic carbocycles. The molecule has 5 heteroatoms. The highest BCUT2D eigenvalue weighted by molar-refractivity contribution is 6.30. The summed E-state index contributed by atoms with van der Waals surface area (Å²) < 4.78 is 0. The van der Waals surface area contributed by atoms with E-state index in [9.17, 15) is 9.59 Å². The van der Waals surface area contributed by atoms with Crippen LogP contribution in [0.15, 0.2) is 42.5 Å². The smallest absolute Gasteiger partial charge is 0.233 e. The first-order valence-electron chi connectivity index (χ1n) is 7.81. The molecule has 0 bridgehead atoms. The van der Waals surface area contributed by atoms with Crippen molar-refractivity contribution in [2.75, 3.05) is 10.6 Å². The molecular formula is C19H21ClN2O2. The van der Waals surface area contributed by atoms with E-state index in [0.717, 1.165) is 16.8 Å². The minimum atomic E-state index is -0.366. The van der Waals surface area contributed by atoms with Gasteiger partial charge in [-0.05, 0) is 48.2 Å². The van der Waals surface area contributed by atoms with Crippen molar-refractivity contribution < 1.29 is 9.59 Å². The maximum absolute atomic E-state index is 12.2. The number of carbonyl (C=O) groups is 2. The normalized spacial score (nSPS) is 10.5. The predicted molar refractivity (Wildman–Crippen MR) is 98.6 cm³/mol. The van der Waals surface area contributed by atoms with Crippen LogP contribution in [-0.2, 0) is 9.59 Å². The van der Waals surface area contributed by atoms with Crippen molar-refractivity contribution in [3.05, 3.63) is 58.6 Å². The quantitative estimate of drug-likeness (QED) is 0.770. The highest BCUT2D eigenvalue weighted by atomic mass is 35.5. The van der Waals surface area contributed by atoms with Crippen LogP contribution in [0, 0.1) is 6.92 Å². The topological polar surface area (TPSA) is 58.2 Å². The molecule has 2 amide bonds. The van der Waals surface area contributed by atoms with Crippen molar-refractivity contribution in [2.45, 2.75) is 33.1 Å². The first kappa shape index (κ1) is 18.0. The third-order valence-electron chi connectivity index (χ3n) is 3.64. The Kier molecular flexibility index (Phi) is 5.99. The molecule has 0 atom stereocenters. The highest BCUT2D eigenvalue weighted by Gasteiger charge is 2.14. The number of benzene rings is 2. The van der Waals surface area contributed by atoms with E-state index < -0.39 is 0 Å². The van der Waals surface area contributed by atoms with Crippen LogP contribution in [0.4, 0.5) is 11.4 Å². The molecule has 0 aliphatic heterocycles. The summed E-state index contributed by atoms with van der Waals surface area (Å²) in [5, 5.41) is 6.13. The molecule has 0 aliphatic carbocycles. The summed E-state index contributed by atoms with van der Waals surface area (Å²) in [5.41, 5.74) is 3.43. The molecule has 0 spiro atoms. The van der Waals surface area contributed by atoms with E-state index >= 15 is 0 Å². The van der Waals surface area contributed by atoms with E-state index in [2.05, 4.69) is 24.5 Å². The van der Waals surface area contributed by atoms with Crippen molar-refractivity contribution in [3.8, 4) is 0 Å². The summed E-state index contributed by atoms with van der Waals surface area (Å²) in [5.74, 6) is -0.421. The van der Waals surface area contributed by atoms with Gasteiger partial charge in [-0.1, -0.05) is 43.6 Å². The van der Waals surface area contributed by atoms with E-state index in [1.807, 2.05) is 25.1 Å². The second kappa shape index (κ2) is 7.97. The van der Waals surface area contributed by atoms with E-state index in [1.165, 1.54) is 0 Å². The Hall–Kier alpha value is -2.33. The number of para-hydroxylation sites is 1. The summed E-state index contributed by atoms with van der Waals surface area (Å²) in [6.45, 7) is 6.07. The van der Waals surface area contributed by atoms with Gasteiger partial charge in [0.05, 0.1) is 0 Å². The molecule has 0 aliphatic rings. The van der Waals surface area contributed by atoms with Gasteiger partial charge >= 0.3 is 0 Å². The summed E-state index contributed by atoms with van der Waals surface area (Å²) in [7, 11) is 0. The number of hydrogen-bond donors (Lipinski definition) is 2. The zero-order valence-corrected chi connectivity index (χ0v) is 14.8. The summed E-state index contributed by atoms with van der Waals surface area (Å²) in [6, 6.07) is 12.6. The molecule has 0 aromatic heterocycles. The number of anilines is 2. The van der Waals surface area contributed by atoms with Gasteiger partial charge in [0.2, 0.25) is 11.8 Å². The Morgan fingerprint density at radius 2 is 1.62 bits per heavy atom. The molecule has 2 rings (SSSR count). The SMILES string of the molecule is Cc1cccc(C(C)C)c1NC(=O)CC(=O)Nc1ccc(Cl)cc1. The van der Waals surface area contributed by atoms with Crippen LogP contribution in [0.3, 0.4) is 0 Å². The molecule has 0 fully saturated rings. The standard InChI is InChI=1S/C19H21ClN2O2/c1-12(2)16-6-4-5-13(3)19(16)22-18(24)11-17(23)21-15-9-7-14(20)8-10-15/h4-10,12H,11H2,1-3H3,(H,21,23)(H,22,24). The van der Waals surface area contributed by atoms with Crippen LogP contribution >= 0.6 is 11.6 Å². The van der Waals surface area contributed by atoms with Crippen molar-refractivity contribution in [2.24, 2.45) is 0 Å². The largest absolute Gasteiger partial charge is 0.326 e. The molecule has 0 radical (unpaired) electrons. The summed E-state index contributed by atoms with van der Waals surface area (Å²) in [4.78, 5) is 24.2. The fraction of sp³-hybridized carbons (Fsp3) is 0.263. The molecule has 4 nitrogen and oxygen atoms in total. The van der Waals surface area contributed by atoms with Gasteiger partial charge in [0.15, 0.2) is 0 Å². The van der Waals surface area contributed by atoms with E-state index in [1.54, 1.807) is 24.3 Å². The Bertz CT molecular complexity index is 740. The van der Waals surface area contributed by atoms with Crippen molar-refractivity contribution in [1.82, 2.24) is 0 Å². The average Bonchev–Trinajstić information content (AvgIpc) is 2.51. The van der Waals surface area contributed by atoms with Crippen molar-refractivity contribution in [3.63, 3.8) is 0 Å². The molecule has 0 saturated heterocycles. The van der Waals surface area contributed by atoms with Crippen LogP contribution in [0.25, 0.3) is 0 Å². The lowest BCUT2D eigenvalue weighted by atomic mass is 9.98. The second-order valence-electron chi connectivity index (χ2n) is 5.97. The maximum atomic E-state index is 12.2. The van der Waals surface area contributed by atoms with Crippen LogP contribution in [0.2, 0.25) is 5.02 Å². The van der Waals surface area contributed by atoms with E-state index in [-0.39, 0.29) is 24.2 Å². The predicted octanol–water partition coefficient (Wildman–Crippen LogP) is 4.74. The fourth-order valence-corrected chi connectivity index (χ4v) is 2.54. The van der Waals surface area contributed by atoms with Gasteiger partial charge in [-0.3, -0.25) is 9.59 Å². The van der Waals surface area contributed by atoms with Crippen LogP contribution in [-0.4, -0.2) is 11.8 Å². The first-order chi connectivity index (χ1) is 11.4. The maximum Gasteiger partial charge on any atom is 0.233 e. The molecule has 2 N–H and O–H groups in total. The average molecular weight is 345 g/mol. The third kappa shape index (κ3) is 4.83. The third-order valence-corrected chi connectivity index (χ3v) is 3.89. The van der Waals surface area contributed by atoms with Gasteiger partial charge in [-0.15, -0.1) is 0 Å². The molecular weight excluding hydrogens is 324 g/mol. The molecule has 0 unspecified atom stereocenters. The summed E-state index contributed by atoms with van der Waals surface area (Å²) >= 11 is 5.80. The van der Waals surface area contributed by atoms with Crippen LogP contribution in [0.5, 0.6) is 0 Å². The lowest BCUT2D eigenvalue weighted by molar-refractivity contribution is -0.123. The van der Waals surface area contributed by atoms with Crippen LogP contribution < -0.4 is 10.6 Å². The Balaban J connectivity index is 2.01. The molecule has 2 aromatic rings. The number of carbonyl (C=O) groups excluding carboxylic acids is 2.